The minimum atomic E-state index is -2.24. The lowest BCUT2D eigenvalue weighted by Crippen LogP contribution is -2.53. The summed E-state index contributed by atoms with van der Waals surface area (Å²) in [7, 11) is 5.54. The predicted octanol–water partition coefficient (Wildman–Crippen LogP) is 4.39. The van der Waals surface area contributed by atoms with E-state index in [4.69, 9.17) is 24.7 Å². The Morgan fingerprint density at radius 2 is 1.62 bits per heavy atom. The van der Waals surface area contributed by atoms with E-state index in [0.29, 0.717) is 6.61 Å². The molecule has 0 aromatic heterocycles. The minimum absolute atomic E-state index is 0. The summed E-state index contributed by atoms with van der Waals surface area (Å²) in [5, 5.41) is 53.7. The van der Waals surface area contributed by atoms with Gasteiger partial charge >= 0.3 is 0 Å². The van der Waals surface area contributed by atoms with Crippen LogP contribution in [0.4, 0.5) is 0 Å². The van der Waals surface area contributed by atoms with E-state index in [1.165, 1.54) is 47.6 Å². The number of phenols is 2. The molecule has 7 N–H and O–H groups in total. The Hall–Kier alpha value is -5.16. The van der Waals surface area contributed by atoms with Crippen molar-refractivity contribution >= 4 is 35.3 Å². The van der Waals surface area contributed by atoms with Gasteiger partial charge in [-0.15, -0.1) is 12.4 Å². The number of hydrogen-bond acceptors (Lipinski definition) is 14. The fraction of sp³-hybridized carbons (Fsp3) is 0.370. The van der Waals surface area contributed by atoms with Crippen molar-refractivity contribution in [2.45, 2.75) is 75.5 Å². The smallest absolute Gasteiger partial charge is 0.202 e. The van der Waals surface area contributed by atoms with Crippen molar-refractivity contribution in [1.29, 1.82) is 0 Å². The summed E-state index contributed by atoms with van der Waals surface area (Å²) in [6.45, 7) is 2.25. The quantitative estimate of drug-likeness (QED) is 0.119. The molecule has 1 saturated heterocycles. The van der Waals surface area contributed by atoms with Crippen molar-refractivity contribution in [2.24, 2.45) is 5.73 Å². The number of aliphatic hydroxyl groups excluding tert-OH is 2. The molecule has 4 aromatic rings. The van der Waals surface area contributed by atoms with Gasteiger partial charge in [-0.05, 0) is 56.3 Å². The van der Waals surface area contributed by atoms with Crippen LogP contribution in [0.3, 0.4) is 0 Å². The number of hydrogen-bond donors (Lipinski definition) is 6. The summed E-state index contributed by atoms with van der Waals surface area (Å²) in [5.41, 5.74) is 7.41. The van der Waals surface area contributed by atoms with Gasteiger partial charge < -0.3 is 55.1 Å². The Morgan fingerprint density at radius 1 is 0.951 bits per heavy atom. The number of carbonyl (C=O) groups is 3. The maximum Gasteiger partial charge on any atom is 0.202 e. The first-order chi connectivity index (χ1) is 28.7. The normalized spacial score (nSPS) is 24.3. The molecule has 4 aromatic carbocycles. The van der Waals surface area contributed by atoms with Gasteiger partial charge in [-0.1, -0.05) is 60.7 Å². The van der Waals surface area contributed by atoms with Crippen molar-refractivity contribution in [1.82, 2.24) is 4.90 Å². The van der Waals surface area contributed by atoms with Crippen molar-refractivity contribution in [3.05, 3.63) is 123 Å². The largest absolute Gasteiger partial charge is 0.507 e. The SMILES string of the molecule is CN(C)CCC=C1c2ccccc2COc2ccccc21.COc1cccc2c1C(=O)c1c(O)c3c(c(O)c1C2=O)C[C@@](O)(C(=O)CO)C[C@@H]3O[C@H]1C[C@H](N)[C@H](O)[C@H](C)O1.Cl. The van der Waals surface area contributed by atoms with E-state index in [2.05, 4.69) is 67.5 Å². The first-order valence-corrected chi connectivity index (χ1v) is 19.8. The second-order valence-electron chi connectivity index (χ2n) is 15.8. The summed E-state index contributed by atoms with van der Waals surface area (Å²) in [6, 6.07) is 20.5. The topological polar surface area (TPSA) is 219 Å². The lowest BCUT2D eigenvalue weighted by Gasteiger charge is -2.42. The molecule has 0 spiro atoms. The van der Waals surface area contributed by atoms with E-state index >= 15 is 0 Å². The van der Waals surface area contributed by atoms with Crippen molar-refractivity contribution in [3.8, 4) is 23.0 Å². The average Bonchev–Trinajstić information content (AvgIpc) is 3.39. The van der Waals surface area contributed by atoms with Crippen LogP contribution < -0.4 is 15.2 Å². The molecule has 4 aliphatic rings. The number of ether oxygens (including phenoxy) is 4. The van der Waals surface area contributed by atoms with Crippen LogP contribution in [0, 0.1) is 0 Å². The molecule has 324 valence electrons. The maximum atomic E-state index is 13.6. The molecule has 8 rings (SSSR count). The van der Waals surface area contributed by atoms with E-state index < -0.39 is 95.7 Å². The summed E-state index contributed by atoms with van der Waals surface area (Å²) < 4.78 is 23.0. The molecule has 0 bridgehead atoms. The fourth-order valence-electron chi connectivity index (χ4n) is 8.46. The third-order valence-corrected chi connectivity index (χ3v) is 11.6. The van der Waals surface area contributed by atoms with E-state index in [9.17, 15) is 39.9 Å². The lowest BCUT2D eigenvalue weighted by atomic mass is 9.72. The zero-order chi connectivity index (χ0) is 43.0. The number of ketones is 3. The number of halogens is 1. The molecule has 2 heterocycles. The summed E-state index contributed by atoms with van der Waals surface area (Å²) in [6.07, 6.45) is -1.75. The number of Topliss-reactive ketones (excluding diaryl/α,β-unsaturated/α-hetero) is 1. The number of fused-ring (bicyclic) bond motifs is 5. The highest BCUT2D eigenvalue weighted by molar-refractivity contribution is 6.31. The zero-order valence-corrected chi connectivity index (χ0v) is 35.1. The third-order valence-electron chi connectivity index (χ3n) is 11.6. The highest BCUT2D eigenvalue weighted by Gasteiger charge is 2.50. The minimum Gasteiger partial charge on any atom is -0.507 e. The van der Waals surface area contributed by atoms with Gasteiger partial charge in [-0.2, -0.15) is 0 Å². The number of nitrogens with zero attached hydrogens (tertiary/aromatic N) is 1. The van der Waals surface area contributed by atoms with Crippen LogP contribution in [0.5, 0.6) is 23.0 Å². The molecule has 0 unspecified atom stereocenters. The van der Waals surface area contributed by atoms with E-state index in [-0.39, 0.29) is 46.8 Å². The molecule has 2 aliphatic carbocycles. The van der Waals surface area contributed by atoms with Crippen LogP contribution in [-0.4, -0.2) is 112 Å². The Morgan fingerprint density at radius 3 is 2.31 bits per heavy atom. The molecule has 14 nitrogen and oxygen atoms in total. The monoisotopic (exact) mass is 858 g/mol. The molecule has 15 heteroatoms. The van der Waals surface area contributed by atoms with E-state index in [1.54, 1.807) is 6.92 Å². The third kappa shape index (κ3) is 8.55. The number of carbonyl (C=O) groups excluding carboxylic acids is 3. The van der Waals surface area contributed by atoms with Gasteiger partial charge in [0, 0.05) is 54.1 Å². The van der Waals surface area contributed by atoms with Crippen LogP contribution in [0.15, 0.2) is 72.8 Å². The Bertz CT molecular complexity index is 2300. The molecule has 61 heavy (non-hydrogen) atoms. The summed E-state index contributed by atoms with van der Waals surface area (Å²) >= 11 is 0. The number of methoxy groups -OCH3 is 1. The molecule has 6 atom stereocenters. The molecular formula is C46H51ClN2O12. The second kappa shape index (κ2) is 18.4. The van der Waals surface area contributed by atoms with E-state index in [1.807, 2.05) is 6.07 Å². The van der Waals surface area contributed by atoms with Gasteiger partial charge in [-0.25, -0.2) is 0 Å². The molecule has 2 aliphatic heterocycles. The first-order valence-electron chi connectivity index (χ1n) is 19.8. The Balaban J connectivity index is 0.000000238. The maximum absolute atomic E-state index is 13.6. The Labute approximate surface area is 359 Å². The highest BCUT2D eigenvalue weighted by Crippen LogP contribution is 2.52. The van der Waals surface area contributed by atoms with Crippen LogP contribution in [0.2, 0.25) is 0 Å². The van der Waals surface area contributed by atoms with Crippen molar-refractivity contribution in [3.63, 3.8) is 0 Å². The van der Waals surface area contributed by atoms with Gasteiger partial charge in [0.25, 0.3) is 0 Å². The van der Waals surface area contributed by atoms with Gasteiger partial charge in [0.1, 0.15) is 41.8 Å². The molecular weight excluding hydrogens is 808 g/mol. The summed E-state index contributed by atoms with van der Waals surface area (Å²) in [5.74, 6) is -2.80. The Kier molecular flexibility index (Phi) is 13.7. The molecule has 0 radical (unpaired) electrons. The molecule has 0 amide bonds. The zero-order valence-electron chi connectivity index (χ0n) is 34.3. The van der Waals surface area contributed by atoms with E-state index in [0.717, 1.165) is 18.7 Å². The van der Waals surface area contributed by atoms with Gasteiger partial charge in [0.15, 0.2) is 17.9 Å². The number of aromatic hydroxyl groups is 2. The van der Waals surface area contributed by atoms with Crippen LogP contribution in [0.25, 0.3) is 5.57 Å². The number of benzene rings is 4. The number of nitrogens with two attached hydrogens (primary N) is 1. The lowest BCUT2D eigenvalue weighted by molar-refractivity contribution is -0.247. The van der Waals surface area contributed by atoms with Gasteiger partial charge in [-0.3, -0.25) is 14.4 Å². The fourth-order valence-corrected chi connectivity index (χ4v) is 8.46. The summed E-state index contributed by atoms with van der Waals surface area (Å²) in [4.78, 5) is 41.9. The van der Waals surface area contributed by atoms with Gasteiger partial charge in [0.05, 0.1) is 42.1 Å². The predicted molar refractivity (Wildman–Crippen MR) is 226 cm³/mol. The second-order valence-corrected chi connectivity index (χ2v) is 15.8. The number of phenolic OH excluding ortho intramolecular Hbond substituents is 2. The number of aliphatic hydroxyl groups is 3. The molecule has 0 saturated carbocycles. The number of para-hydroxylation sites is 1. The van der Waals surface area contributed by atoms with Crippen LogP contribution >= 0.6 is 12.4 Å². The van der Waals surface area contributed by atoms with Crippen molar-refractivity contribution < 1.29 is 58.9 Å². The first kappa shape index (κ1) is 45.4. The standard InChI is InChI=1S/C27H29NO11.C19H21NO.ClH/c1-10-22(31)13(28)6-17(38-10)39-15-8-27(36,16(30)9-29)7-12-19(15)26(35)21-20(24(12)33)23(32)11-4-3-5-14(37-2)18(11)25(21)34;1-20(2)13-7-11-17-16-9-4-3-8-15(16)14-21-19-12-6-5-10-18(17)19;/h3-5,10,13,15,17,22,29,31,33,35-36H,6-9,28H2,1-2H3;3-6,8-12H,7,13-14H2,1-2H3;1H/t10-,13-,15-,17-,22+,27-;;/m0../s1. The van der Waals surface area contributed by atoms with Gasteiger partial charge in [0.2, 0.25) is 5.78 Å². The number of rotatable bonds is 8. The highest BCUT2D eigenvalue weighted by atomic mass is 35.5. The van der Waals surface area contributed by atoms with Crippen LogP contribution in [-0.2, 0) is 27.3 Å². The van der Waals surface area contributed by atoms with Crippen LogP contribution in [0.1, 0.15) is 92.0 Å². The van der Waals surface area contributed by atoms with Crippen molar-refractivity contribution in [2.75, 3.05) is 34.4 Å². The average molecular weight is 859 g/mol. The molecule has 1 fully saturated rings.